The van der Waals surface area contributed by atoms with Gasteiger partial charge in [-0.05, 0) is 45.5 Å². The van der Waals surface area contributed by atoms with E-state index in [1.54, 1.807) is 7.11 Å². The number of methoxy groups -OCH3 is 1. The third kappa shape index (κ3) is 14.4. The van der Waals surface area contributed by atoms with Crippen LogP contribution in [0, 0.1) is 0 Å². The van der Waals surface area contributed by atoms with Crippen LogP contribution in [0.2, 0.25) is 0 Å². The first-order valence-electron chi connectivity index (χ1n) is 23.8. The predicted octanol–water partition coefficient (Wildman–Crippen LogP) is 8.10. The maximum absolute atomic E-state index is 13.2. The van der Waals surface area contributed by atoms with Gasteiger partial charge < -0.3 is 57.8 Å². The number of nitrogens with one attached hydrogen (secondary N) is 1. The Morgan fingerprint density at radius 2 is 0.886 bits per heavy atom. The highest BCUT2D eigenvalue weighted by Crippen LogP contribution is 2.36. The fourth-order valence-electron chi connectivity index (χ4n) is 8.62. The summed E-state index contributed by atoms with van der Waals surface area (Å²) < 4.78 is 66.9. The SMILES string of the molecule is COc1ccc(CO[C@@H]2[C@@H](OCc3ccccc3)[C@H](O[C@H]3[C@H](OCc4ccccc4)[C@@H](NC(C)=O)[C@H](OCc4ccccc4)O[C@@H]3COCc3ccccc3)O[C@H](CO)[C@H]2OCc2ccccc2)cc1. The molecule has 368 valence electrons. The van der Waals surface area contributed by atoms with Crippen molar-refractivity contribution in [1.29, 1.82) is 0 Å². The van der Waals surface area contributed by atoms with Crippen LogP contribution in [0.3, 0.4) is 0 Å². The number of benzene rings is 6. The standard InChI is InChI=1S/C57H63NO12/c1-40(60)58-50-53(64-35-43-22-12-5-13-23-43)52(49(39-62-33-41-18-8-3-9-19-41)69-56(50)67-38-45-26-16-7-17-27-45)70-57-55(66-36-44-24-14-6-15-25-44)54(65-37-46-28-30-47(61-2)31-29-46)51(48(32-59)68-57)63-34-42-20-10-4-11-21-42/h3-31,48-57,59H,32-39H2,1-2H3,(H,58,60)/t48-,49-,50-,51-,52-,53-,54+,55-,56-,57+/m1/s1. The van der Waals surface area contributed by atoms with Crippen LogP contribution in [0.5, 0.6) is 5.75 Å². The normalized spacial score (nSPS) is 24.4. The lowest BCUT2D eigenvalue weighted by atomic mass is 9.94. The minimum atomic E-state index is -1.22. The predicted molar refractivity (Wildman–Crippen MR) is 261 cm³/mol. The molecule has 13 heteroatoms. The molecule has 0 bridgehead atoms. The number of amides is 1. The van der Waals surface area contributed by atoms with Gasteiger partial charge in [0.1, 0.15) is 54.5 Å². The van der Waals surface area contributed by atoms with Crippen LogP contribution in [0.15, 0.2) is 176 Å². The van der Waals surface area contributed by atoms with Crippen LogP contribution in [0.1, 0.15) is 40.3 Å². The van der Waals surface area contributed by atoms with Gasteiger partial charge in [-0.25, -0.2) is 0 Å². The maximum atomic E-state index is 13.2. The van der Waals surface area contributed by atoms with Gasteiger partial charge in [0.15, 0.2) is 12.6 Å². The first kappa shape index (κ1) is 50.6. The zero-order valence-electron chi connectivity index (χ0n) is 39.6. The van der Waals surface area contributed by atoms with Crippen LogP contribution >= 0.6 is 0 Å². The molecule has 13 nitrogen and oxygen atoms in total. The molecular formula is C57H63NO12. The van der Waals surface area contributed by atoms with E-state index in [1.807, 2.05) is 176 Å². The van der Waals surface area contributed by atoms with E-state index in [2.05, 4.69) is 5.32 Å². The number of hydrogen-bond acceptors (Lipinski definition) is 12. The second-order valence-electron chi connectivity index (χ2n) is 17.3. The molecule has 0 aliphatic carbocycles. The smallest absolute Gasteiger partial charge is 0.217 e. The van der Waals surface area contributed by atoms with Gasteiger partial charge in [-0.2, -0.15) is 0 Å². The summed E-state index contributed by atoms with van der Waals surface area (Å²) >= 11 is 0. The molecule has 2 fully saturated rings. The molecule has 8 rings (SSSR count). The van der Waals surface area contributed by atoms with Gasteiger partial charge in [0.2, 0.25) is 5.91 Å². The molecule has 6 aromatic carbocycles. The van der Waals surface area contributed by atoms with Crippen molar-refractivity contribution in [3.05, 3.63) is 209 Å². The molecule has 2 aliphatic rings. The Morgan fingerprint density at radius 3 is 1.36 bits per heavy atom. The molecule has 10 atom stereocenters. The fraction of sp³-hybridized carbons (Fsp3) is 0.351. The van der Waals surface area contributed by atoms with Crippen LogP contribution in [0.4, 0.5) is 0 Å². The molecule has 6 aromatic rings. The zero-order chi connectivity index (χ0) is 48.3. The van der Waals surface area contributed by atoms with E-state index < -0.39 is 68.0 Å². The van der Waals surface area contributed by atoms with Crippen molar-refractivity contribution in [2.75, 3.05) is 20.3 Å². The van der Waals surface area contributed by atoms with Crippen LogP contribution in [0.25, 0.3) is 0 Å². The molecule has 2 heterocycles. The maximum Gasteiger partial charge on any atom is 0.217 e. The number of aliphatic hydroxyl groups excluding tert-OH is 1. The summed E-state index contributed by atoms with van der Waals surface area (Å²) in [4.78, 5) is 13.2. The Hall–Kier alpha value is -5.81. The molecule has 0 unspecified atom stereocenters. The topological polar surface area (TPSA) is 142 Å². The first-order valence-corrected chi connectivity index (χ1v) is 23.8. The molecule has 0 saturated carbocycles. The summed E-state index contributed by atoms with van der Waals surface area (Å²) in [7, 11) is 1.62. The van der Waals surface area contributed by atoms with E-state index in [4.69, 9.17) is 47.4 Å². The van der Waals surface area contributed by atoms with Crippen molar-refractivity contribution in [1.82, 2.24) is 5.32 Å². The number of ether oxygens (including phenoxy) is 10. The summed E-state index contributed by atoms with van der Waals surface area (Å²) in [6.45, 7) is 2.20. The lowest BCUT2D eigenvalue weighted by Crippen LogP contribution is -2.68. The van der Waals surface area contributed by atoms with Gasteiger partial charge in [-0.3, -0.25) is 4.79 Å². The van der Waals surface area contributed by atoms with Gasteiger partial charge >= 0.3 is 0 Å². The second-order valence-corrected chi connectivity index (χ2v) is 17.3. The summed E-state index contributed by atoms with van der Waals surface area (Å²) in [5, 5.41) is 14.3. The lowest BCUT2D eigenvalue weighted by Gasteiger charge is -2.50. The Labute approximate surface area is 410 Å². The highest BCUT2D eigenvalue weighted by molar-refractivity contribution is 5.73. The van der Waals surface area contributed by atoms with Gasteiger partial charge in [-0.15, -0.1) is 0 Å². The third-order valence-corrected chi connectivity index (χ3v) is 12.2. The highest BCUT2D eigenvalue weighted by Gasteiger charge is 2.54. The Kier molecular flexibility index (Phi) is 19.1. The zero-order valence-corrected chi connectivity index (χ0v) is 39.6. The van der Waals surface area contributed by atoms with Crippen molar-refractivity contribution in [3.63, 3.8) is 0 Å². The molecule has 1 amide bonds. The van der Waals surface area contributed by atoms with E-state index in [0.717, 1.165) is 33.4 Å². The summed E-state index contributed by atoms with van der Waals surface area (Å²) in [5.74, 6) is 0.388. The Morgan fingerprint density at radius 1 is 0.471 bits per heavy atom. The van der Waals surface area contributed by atoms with Crippen molar-refractivity contribution in [3.8, 4) is 5.75 Å². The van der Waals surface area contributed by atoms with E-state index in [1.165, 1.54) is 6.92 Å². The lowest BCUT2D eigenvalue weighted by molar-refractivity contribution is -0.365. The fourth-order valence-corrected chi connectivity index (χ4v) is 8.62. The molecule has 2 aliphatic heterocycles. The van der Waals surface area contributed by atoms with Crippen LogP contribution < -0.4 is 10.1 Å². The summed E-state index contributed by atoms with van der Waals surface area (Å²) in [6, 6.07) is 55.6. The minimum absolute atomic E-state index is 0.0364. The van der Waals surface area contributed by atoms with Gasteiger partial charge in [0, 0.05) is 6.92 Å². The average molecular weight is 954 g/mol. The molecule has 2 saturated heterocycles. The van der Waals surface area contributed by atoms with Crippen LogP contribution in [-0.4, -0.2) is 92.7 Å². The molecule has 2 N–H and O–H groups in total. The molecule has 70 heavy (non-hydrogen) atoms. The van der Waals surface area contributed by atoms with Crippen LogP contribution in [-0.2, 0) is 87.1 Å². The Balaban J connectivity index is 1.18. The van der Waals surface area contributed by atoms with E-state index in [0.29, 0.717) is 5.75 Å². The van der Waals surface area contributed by atoms with Crippen molar-refractivity contribution < 1.29 is 57.3 Å². The minimum Gasteiger partial charge on any atom is -0.497 e. The summed E-state index contributed by atoms with van der Waals surface area (Å²) in [6.07, 6.45) is -8.59. The van der Waals surface area contributed by atoms with E-state index in [9.17, 15) is 9.90 Å². The largest absolute Gasteiger partial charge is 0.497 e. The van der Waals surface area contributed by atoms with Crippen molar-refractivity contribution >= 4 is 5.91 Å². The van der Waals surface area contributed by atoms with E-state index >= 15 is 0 Å². The monoisotopic (exact) mass is 953 g/mol. The quantitative estimate of drug-likeness (QED) is 0.0606. The summed E-state index contributed by atoms with van der Waals surface area (Å²) in [5.41, 5.74) is 5.49. The molecule has 0 radical (unpaired) electrons. The number of carbonyl (C=O) groups is 1. The first-order chi connectivity index (χ1) is 34.4. The molecule has 0 aromatic heterocycles. The average Bonchev–Trinajstić information content (AvgIpc) is 3.40. The van der Waals surface area contributed by atoms with E-state index in [-0.39, 0.29) is 52.2 Å². The second kappa shape index (κ2) is 26.4. The number of hydrogen-bond donors (Lipinski definition) is 2. The van der Waals surface area contributed by atoms with Gasteiger partial charge in [0.05, 0.1) is 60.0 Å². The highest BCUT2D eigenvalue weighted by atomic mass is 16.8. The van der Waals surface area contributed by atoms with Gasteiger partial charge in [-0.1, -0.05) is 164 Å². The Bertz CT molecular complexity index is 2400. The van der Waals surface area contributed by atoms with Crippen molar-refractivity contribution in [2.24, 2.45) is 0 Å². The third-order valence-electron chi connectivity index (χ3n) is 12.2. The molecular weight excluding hydrogens is 891 g/mol. The molecule has 0 spiro atoms. The number of aliphatic hydroxyl groups is 1. The number of carbonyl (C=O) groups excluding carboxylic acids is 1. The number of rotatable bonds is 24. The van der Waals surface area contributed by atoms with Crippen molar-refractivity contribution in [2.45, 2.75) is 108 Å². The van der Waals surface area contributed by atoms with Gasteiger partial charge in [0.25, 0.3) is 0 Å².